The average Bonchev–Trinajstić information content (AvgIpc) is 3.12. The zero-order valence-corrected chi connectivity index (χ0v) is 16.2. The van der Waals surface area contributed by atoms with Gasteiger partial charge in [0.25, 0.3) is 5.91 Å². The van der Waals surface area contributed by atoms with Gasteiger partial charge in [0.2, 0.25) is 5.13 Å². The quantitative estimate of drug-likeness (QED) is 0.598. The normalized spacial score (nSPS) is 10.7. The van der Waals surface area contributed by atoms with Gasteiger partial charge < -0.3 is 0 Å². The van der Waals surface area contributed by atoms with E-state index in [9.17, 15) is 4.79 Å². The molecule has 0 fully saturated rings. The summed E-state index contributed by atoms with van der Waals surface area (Å²) in [4.78, 5) is 14.8. The lowest BCUT2D eigenvalue weighted by molar-refractivity contribution is 0.0986. The van der Waals surface area contributed by atoms with E-state index in [2.05, 4.69) is 30.1 Å². The van der Waals surface area contributed by atoms with Crippen molar-refractivity contribution in [1.29, 1.82) is 0 Å². The summed E-state index contributed by atoms with van der Waals surface area (Å²) in [6.45, 7) is 6.82. The Balaban J connectivity index is 1.93. The highest BCUT2D eigenvalue weighted by atomic mass is 32.1. The Bertz CT molecular complexity index is 904. The van der Waals surface area contributed by atoms with Crippen molar-refractivity contribution in [2.75, 3.05) is 11.4 Å². The second kappa shape index (κ2) is 8.23. The minimum Gasteiger partial charge on any atom is -0.283 e. The highest BCUT2D eigenvalue weighted by molar-refractivity contribution is 7.18. The van der Waals surface area contributed by atoms with Gasteiger partial charge >= 0.3 is 0 Å². The Morgan fingerprint density at radius 3 is 2.62 bits per heavy atom. The number of aryl methyl sites for hydroxylation is 2. The monoisotopic (exact) mass is 365 g/mol. The van der Waals surface area contributed by atoms with Crippen molar-refractivity contribution in [3.8, 4) is 10.6 Å². The lowest BCUT2D eigenvalue weighted by Gasteiger charge is -2.19. The van der Waals surface area contributed by atoms with Gasteiger partial charge in [-0.25, -0.2) is 0 Å². The van der Waals surface area contributed by atoms with E-state index >= 15 is 0 Å². The van der Waals surface area contributed by atoms with E-state index in [1.165, 1.54) is 11.3 Å². The number of aromatic nitrogens is 2. The molecule has 26 heavy (non-hydrogen) atoms. The number of amides is 1. The molecular weight excluding hydrogens is 342 g/mol. The van der Waals surface area contributed by atoms with Crippen molar-refractivity contribution in [2.45, 2.75) is 33.6 Å². The highest BCUT2D eigenvalue weighted by Crippen LogP contribution is 2.31. The highest BCUT2D eigenvalue weighted by Gasteiger charge is 2.22. The second-order valence-corrected chi connectivity index (χ2v) is 7.34. The predicted molar refractivity (Wildman–Crippen MR) is 108 cm³/mol. The van der Waals surface area contributed by atoms with Crippen LogP contribution >= 0.6 is 11.3 Å². The van der Waals surface area contributed by atoms with Gasteiger partial charge in [-0.2, -0.15) is 0 Å². The van der Waals surface area contributed by atoms with Crippen molar-refractivity contribution in [2.24, 2.45) is 0 Å². The van der Waals surface area contributed by atoms with E-state index in [0.717, 1.165) is 34.5 Å². The lowest BCUT2D eigenvalue weighted by atomic mass is 10.1. The molecule has 0 atom stereocenters. The molecule has 0 aliphatic rings. The molecule has 0 saturated carbocycles. The van der Waals surface area contributed by atoms with Crippen LogP contribution in [-0.2, 0) is 0 Å². The van der Waals surface area contributed by atoms with E-state index in [1.54, 1.807) is 4.90 Å². The Morgan fingerprint density at radius 2 is 1.88 bits per heavy atom. The van der Waals surface area contributed by atoms with Crippen LogP contribution in [0.4, 0.5) is 5.13 Å². The van der Waals surface area contributed by atoms with Crippen molar-refractivity contribution in [1.82, 2.24) is 10.2 Å². The first kappa shape index (κ1) is 18.3. The van der Waals surface area contributed by atoms with Crippen LogP contribution < -0.4 is 4.90 Å². The summed E-state index contributed by atoms with van der Waals surface area (Å²) in [5.41, 5.74) is 3.98. The molecule has 0 aliphatic carbocycles. The van der Waals surface area contributed by atoms with Gasteiger partial charge in [0, 0.05) is 17.7 Å². The van der Waals surface area contributed by atoms with Gasteiger partial charge in [-0.1, -0.05) is 66.6 Å². The Morgan fingerprint density at radius 1 is 1.08 bits per heavy atom. The summed E-state index contributed by atoms with van der Waals surface area (Å²) in [5, 5.41) is 10.2. The van der Waals surface area contributed by atoms with Crippen molar-refractivity contribution in [3.05, 3.63) is 65.2 Å². The van der Waals surface area contributed by atoms with Crippen molar-refractivity contribution >= 4 is 22.4 Å². The van der Waals surface area contributed by atoms with Crippen LogP contribution in [0.5, 0.6) is 0 Å². The molecule has 3 rings (SSSR count). The van der Waals surface area contributed by atoms with Crippen LogP contribution in [0.25, 0.3) is 10.6 Å². The molecule has 0 bridgehead atoms. The number of rotatable bonds is 6. The summed E-state index contributed by atoms with van der Waals surface area (Å²) >= 11 is 1.47. The van der Waals surface area contributed by atoms with Crippen LogP contribution in [0.1, 0.15) is 41.3 Å². The third kappa shape index (κ3) is 3.99. The average molecular weight is 366 g/mol. The molecular formula is C21H23N3OS. The Kier molecular flexibility index (Phi) is 5.78. The second-order valence-electron chi connectivity index (χ2n) is 6.38. The number of nitrogens with zero attached hydrogens (tertiary/aromatic N) is 3. The largest absolute Gasteiger partial charge is 0.283 e. The number of hydrogen-bond acceptors (Lipinski definition) is 4. The van der Waals surface area contributed by atoms with E-state index in [-0.39, 0.29) is 5.91 Å². The van der Waals surface area contributed by atoms with Crippen LogP contribution in [0.2, 0.25) is 0 Å². The summed E-state index contributed by atoms with van der Waals surface area (Å²) in [6.07, 6.45) is 1.94. The number of unbranched alkanes of at least 4 members (excludes halogenated alkanes) is 1. The molecule has 1 amide bonds. The maximum Gasteiger partial charge on any atom is 0.260 e. The van der Waals surface area contributed by atoms with Crippen LogP contribution in [0.3, 0.4) is 0 Å². The van der Waals surface area contributed by atoms with Gasteiger partial charge in [-0.05, 0) is 38.0 Å². The molecule has 0 radical (unpaired) electrons. The molecule has 1 heterocycles. The first-order valence-corrected chi connectivity index (χ1v) is 9.70. The summed E-state index contributed by atoms with van der Waals surface area (Å²) < 4.78 is 0. The van der Waals surface area contributed by atoms with Crippen LogP contribution in [0.15, 0.2) is 48.5 Å². The number of carbonyl (C=O) groups is 1. The first-order chi connectivity index (χ1) is 12.6. The fourth-order valence-corrected chi connectivity index (χ4v) is 3.74. The molecule has 3 aromatic rings. The number of carbonyl (C=O) groups excluding carboxylic acids is 1. The molecule has 134 valence electrons. The summed E-state index contributed by atoms with van der Waals surface area (Å²) in [5.74, 6) is -0.0189. The minimum atomic E-state index is -0.0189. The molecule has 0 saturated heterocycles. The van der Waals surface area contributed by atoms with Gasteiger partial charge in [0.1, 0.15) is 5.01 Å². The number of hydrogen-bond donors (Lipinski definition) is 0. The molecule has 0 N–H and O–H groups in total. The summed E-state index contributed by atoms with van der Waals surface area (Å²) in [6, 6.07) is 15.8. The molecule has 1 aromatic heterocycles. The van der Waals surface area contributed by atoms with Crippen molar-refractivity contribution < 1.29 is 4.79 Å². The topological polar surface area (TPSA) is 46.1 Å². The molecule has 2 aromatic carbocycles. The smallest absolute Gasteiger partial charge is 0.260 e. The standard InChI is InChI=1S/C21H23N3OS/c1-4-5-13-24(20(25)17-11-8-9-15(2)14-17)21-23-22-19(26-21)18-12-7-6-10-16(18)3/h6-12,14H,4-5,13H2,1-3H3. The van der Waals surface area contributed by atoms with Gasteiger partial charge in [0.15, 0.2) is 0 Å². The third-order valence-electron chi connectivity index (χ3n) is 4.27. The lowest BCUT2D eigenvalue weighted by Crippen LogP contribution is -2.31. The maximum absolute atomic E-state index is 13.1. The SMILES string of the molecule is CCCCN(C(=O)c1cccc(C)c1)c1nnc(-c2ccccc2C)s1. The zero-order valence-electron chi connectivity index (χ0n) is 15.4. The Labute approximate surface area is 158 Å². The maximum atomic E-state index is 13.1. The number of benzene rings is 2. The fourth-order valence-electron chi connectivity index (χ4n) is 2.78. The number of anilines is 1. The molecule has 0 spiro atoms. The van der Waals surface area contributed by atoms with Crippen molar-refractivity contribution in [3.63, 3.8) is 0 Å². The van der Waals surface area contributed by atoms with Gasteiger partial charge in [-0.15, -0.1) is 10.2 Å². The molecule has 0 unspecified atom stereocenters. The van der Waals surface area contributed by atoms with E-state index in [4.69, 9.17) is 0 Å². The van der Waals surface area contributed by atoms with E-state index < -0.39 is 0 Å². The zero-order chi connectivity index (χ0) is 18.5. The summed E-state index contributed by atoms with van der Waals surface area (Å²) in [7, 11) is 0. The van der Waals surface area contributed by atoms with Gasteiger partial charge in [-0.3, -0.25) is 9.69 Å². The fraction of sp³-hybridized carbons (Fsp3) is 0.286. The third-order valence-corrected chi connectivity index (χ3v) is 5.25. The van der Waals surface area contributed by atoms with Crippen LogP contribution in [0, 0.1) is 13.8 Å². The Hall–Kier alpha value is -2.53. The first-order valence-electron chi connectivity index (χ1n) is 8.88. The molecule has 0 aliphatic heterocycles. The minimum absolute atomic E-state index is 0.0189. The predicted octanol–water partition coefficient (Wildman–Crippen LogP) is 5.27. The van der Waals surface area contributed by atoms with E-state index in [0.29, 0.717) is 17.2 Å². The molecule has 5 heteroatoms. The van der Waals surface area contributed by atoms with Gasteiger partial charge in [0.05, 0.1) is 0 Å². The van der Waals surface area contributed by atoms with E-state index in [1.807, 2.05) is 49.4 Å². The molecule has 4 nitrogen and oxygen atoms in total. The van der Waals surface area contributed by atoms with Crippen LogP contribution in [-0.4, -0.2) is 22.6 Å².